The van der Waals surface area contributed by atoms with Crippen LogP contribution < -0.4 is 5.32 Å². The summed E-state index contributed by atoms with van der Waals surface area (Å²) in [5.74, 6) is 0. The number of nitrogens with zero attached hydrogens (tertiary/aromatic N) is 1. The van der Waals surface area contributed by atoms with Gasteiger partial charge in [0.2, 0.25) is 0 Å². The molecule has 0 saturated heterocycles. The van der Waals surface area contributed by atoms with Crippen LogP contribution in [0.1, 0.15) is 208 Å². The van der Waals surface area contributed by atoms with Crippen molar-refractivity contribution in [3.8, 4) is 0 Å². The zero-order valence-electron chi connectivity index (χ0n) is 31.4. The molecule has 0 heterocycles. The molecular weight excluding hydrogens is 560 g/mol. The van der Waals surface area contributed by atoms with E-state index < -0.39 is 0 Å². The molecule has 1 amide bonds. The second kappa shape index (κ2) is 33.1. The van der Waals surface area contributed by atoms with E-state index in [2.05, 4.69) is 19.2 Å². The molecule has 0 aliphatic rings. The summed E-state index contributed by atoms with van der Waals surface area (Å²) in [5, 5.41) is 4.64. The maximum Gasteiger partial charge on any atom is 0.407 e. The summed E-state index contributed by atoms with van der Waals surface area (Å²) in [7, 11) is 1.86. The van der Waals surface area contributed by atoms with Gasteiger partial charge in [0.15, 0.2) is 0 Å². The molecule has 0 aromatic heterocycles. The fourth-order valence-corrected chi connectivity index (χ4v) is 5.69. The minimum absolute atomic E-state index is 0.0353. The molecule has 6 nitrogen and oxygen atoms in total. The molecule has 0 radical (unpaired) electrons. The summed E-state index contributed by atoms with van der Waals surface area (Å²) in [5.41, 5.74) is -0.194. The van der Waals surface area contributed by atoms with Crippen LogP contribution >= 0.6 is 0 Å². The summed E-state index contributed by atoms with van der Waals surface area (Å²) in [6.45, 7) is 12.2. The normalized spacial score (nSPS) is 12.0. The van der Waals surface area contributed by atoms with Crippen molar-refractivity contribution in [2.75, 3.05) is 26.9 Å². The average molecular weight is 641 g/mol. The highest BCUT2D eigenvalue weighted by Crippen LogP contribution is 2.18. The van der Waals surface area contributed by atoms with E-state index in [1.807, 2.05) is 27.8 Å². The number of rotatable bonds is 34. The SMILES string of the molecule is CCCCCCCCCCCCCCC(CCCCCCCCCCCCCC)OC(=O)NCCCON(C)COC(C)(C)C. The van der Waals surface area contributed by atoms with Gasteiger partial charge in [0, 0.05) is 13.6 Å². The highest BCUT2D eigenvalue weighted by atomic mass is 16.7. The summed E-state index contributed by atoms with van der Waals surface area (Å²) in [6.07, 6.45) is 34.9. The van der Waals surface area contributed by atoms with Gasteiger partial charge in [-0.1, -0.05) is 155 Å². The third-order valence-electron chi connectivity index (χ3n) is 8.61. The lowest BCUT2D eigenvalue weighted by atomic mass is 10.0. The molecule has 0 spiro atoms. The van der Waals surface area contributed by atoms with Gasteiger partial charge in [0.05, 0.1) is 12.2 Å². The van der Waals surface area contributed by atoms with E-state index in [1.165, 1.54) is 141 Å². The first kappa shape index (κ1) is 44.1. The zero-order valence-corrected chi connectivity index (χ0v) is 31.4. The van der Waals surface area contributed by atoms with Gasteiger partial charge >= 0.3 is 6.09 Å². The number of alkyl carbamates (subject to hydrolysis) is 1. The number of unbranched alkanes of at least 4 members (excludes halogenated alkanes) is 22. The summed E-state index contributed by atoms with van der Waals surface area (Å²) >= 11 is 0. The number of amides is 1. The Morgan fingerprint density at radius 2 is 0.978 bits per heavy atom. The van der Waals surface area contributed by atoms with E-state index in [-0.39, 0.29) is 17.8 Å². The molecule has 270 valence electrons. The fraction of sp³-hybridized carbons (Fsp3) is 0.974. The summed E-state index contributed by atoms with van der Waals surface area (Å²) in [6, 6.07) is 0. The molecule has 0 bridgehead atoms. The highest BCUT2D eigenvalue weighted by molar-refractivity contribution is 5.67. The van der Waals surface area contributed by atoms with Gasteiger partial charge in [-0.25, -0.2) is 4.79 Å². The van der Waals surface area contributed by atoms with Gasteiger partial charge in [0.1, 0.15) is 12.8 Å². The predicted molar refractivity (Wildman–Crippen MR) is 194 cm³/mol. The quantitative estimate of drug-likeness (QED) is 0.0431. The van der Waals surface area contributed by atoms with Crippen LogP contribution in [0.2, 0.25) is 0 Å². The van der Waals surface area contributed by atoms with E-state index in [0.29, 0.717) is 19.9 Å². The van der Waals surface area contributed by atoms with Crippen molar-refractivity contribution in [1.82, 2.24) is 10.4 Å². The van der Waals surface area contributed by atoms with E-state index in [4.69, 9.17) is 14.3 Å². The van der Waals surface area contributed by atoms with Gasteiger partial charge in [-0.3, -0.25) is 4.84 Å². The maximum atomic E-state index is 12.6. The smallest absolute Gasteiger partial charge is 0.407 e. The third-order valence-corrected chi connectivity index (χ3v) is 8.61. The van der Waals surface area contributed by atoms with E-state index in [1.54, 1.807) is 5.06 Å². The Morgan fingerprint density at radius 3 is 1.36 bits per heavy atom. The van der Waals surface area contributed by atoms with Crippen molar-refractivity contribution in [1.29, 1.82) is 0 Å². The number of hydrogen-bond donors (Lipinski definition) is 1. The number of nitrogens with one attached hydrogen (secondary N) is 1. The third kappa shape index (κ3) is 35.8. The van der Waals surface area contributed by atoms with Crippen molar-refractivity contribution in [3.63, 3.8) is 0 Å². The molecule has 0 rings (SSSR count). The van der Waals surface area contributed by atoms with Crippen molar-refractivity contribution in [3.05, 3.63) is 0 Å². The van der Waals surface area contributed by atoms with E-state index in [9.17, 15) is 4.79 Å². The molecule has 0 aromatic carbocycles. The minimum atomic E-state index is -0.276. The van der Waals surface area contributed by atoms with Crippen molar-refractivity contribution in [2.24, 2.45) is 0 Å². The van der Waals surface area contributed by atoms with Gasteiger partial charge in [-0.15, -0.1) is 0 Å². The second-order valence-corrected chi connectivity index (χ2v) is 14.5. The molecular formula is C39H80N2O4. The van der Waals surface area contributed by atoms with E-state index in [0.717, 1.165) is 32.1 Å². The van der Waals surface area contributed by atoms with Gasteiger partial charge in [0.25, 0.3) is 0 Å². The summed E-state index contributed by atoms with van der Waals surface area (Å²) < 4.78 is 11.6. The Kier molecular flexibility index (Phi) is 32.4. The molecule has 0 aliphatic carbocycles. The molecule has 1 N–H and O–H groups in total. The first-order chi connectivity index (χ1) is 21.8. The lowest BCUT2D eigenvalue weighted by molar-refractivity contribution is -0.213. The van der Waals surface area contributed by atoms with Crippen LogP contribution in [-0.4, -0.2) is 49.8 Å². The Labute approximate surface area is 281 Å². The molecule has 0 aliphatic heterocycles. The predicted octanol–water partition coefficient (Wildman–Crippen LogP) is 12.3. The number of carbonyl (C=O) groups is 1. The Bertz CT molecular complexity index is 582. The van der Waals surface area contributed by atoms with Crippen molar-refractivity contribution < 1.29 is 19.1 Å². The van der Waals surface area contributed by atoms with Crippen molar-refractivity contribution >= 4 is 6.09 Å². The van der Waals surface area contributed by atoms with Crippen LogP contribution in [0.15, 0.2) is 0 Å². The molecule has 0 atom stereocenters. The average Bonchev–Trinajstić information content (AvgIpc) is 3.00. The fourth-order valence-electron chi connectivity index (χ4n) is 5.69. The van der Waals surface area contributed by atoms with Gasteiger partial charge in [-0.2, -0.15) is 5.06 Å². The molecule has 0 fully saturated rings. The van der Waals surface area contributed by atoms with Crippen LogP contribution in [0.5, 0.6) is 0 Å². The van der Waals surface area contributed by atoms with Gasteiger partial charge in [-0.05, 0) is 52.9 Å². The Hall–Kier alpha value is -0.850. The first-order valence-electron chi connectivity index (χ1n) is 19.7. The minimum Gasteiger partial charge on any atom is -0.446 e. The van der Waals surface area contributed by atoms with Crippen LogP contribution in [0, 0.1) is 0 Å². The van der Waals surface area contributed by atoms with Crippen LogP contribution in [0.4, 0.5) is 4.79 Å². The largest absolute Gasteiger partial charge is 0.446 e. The standard InChI is InChI=1S/C39H80N2O4/c1-7-9-11-13-15-17-19-21-23-25-27-29-32-37(33-30-28-26-24-22-20-18-16-14-12-10-8-2)45-38(42)40-34-31-35-44-41(6)36-43-39(3,4)5/h37H,7-36H2,1-6H3,(H,40,42). The van der Waals surface area contributed by atoms with Gasteiger partial charge < -0.3 is 14.8 Å². The van der Waals surface area contributed by atoms with Crippen LogP contribution in [0.25, 0.3) is 0 Å². The van der Waals surface area contributed by atoms with Crippen LogP contribution in [0.3, 0.4) is 0 Å². The number of carbonyl (C=O) groups excluding carboxylic acids is 1. The number of hydroxylamine groups is 2. The molecule has 45 heavy (non-hydrogen) atoms. The Balaban J connectivity index is 4.17. The lowest BCUT2D eigenvalue weighted by Gasteiger charge is -2.24. The van der Waals surface area contributed by atoms with Crippen LogP contribution in [-0.2, 0) is 14.3 Å². The number of ether oxygens (including phenoxy) is 2. The Morgan fingerprint density at radius 1 is 0.600 bits per heavy atom. The molecule has 0 saturated carbocycles. The monoisotopic (exact) mass is 641 g/mol. The van der Waals surface area contributed by atoms with E-state index >= 15 is 0 Å². The first-order valence-corrected chi connectivity index (χ1v) is 19.7. The molecule has 6 heteroatoms. The highest BCUT2D eigenvalue weighted by Gasteiger charge is 2.15. The summed E-state index contributed by atoms with van der Waals surface area (Å²) in [4.78, 5) is 18.3. The maximum absolute atomic E-state index is 12.6. The molecule has 0 unspecified atom stereocenters. The topological polar surface area (TPSA) is 60.0 Å². The number of hydrogen-bond acceptors (Lipinski definition) is 5. The zero-order chi connectivity index (χ0) is 33.3. The second-order valence-electron chi connectivity index (χ2n) is 14.5. The lowest BCUT2D eigenvalue weighted by Crippen LogP contribution is -2.32. The van der Waals surface area contributed by atoms with Crippen molar-refractivity contribution in [2.45, 2.75) is 220 Å². The molecule has 0 aromatic rings.